The highest BCUT2D eigenvalue weighted by Crippen LogP contribution is 2.32. The van der Waals surface area contributed by atoms with Gasteiger partial charge in [0.2, 0.25) is 5.91 Å². The summed E-state index contributed by atoms with van der Waals surface area (Å²) in [7, 11) is 0. The molecule has 0 radical (unpaired) electrons. The lowest BCUT2D eigenvalue weighted by atomic mass is 9.83. The second-order valence-electron chi connectivity index (χ2n) is 7.43. The number of fused-ring (bicyclic) bond motifs is 2. The Hall–Kier alpha value is -2.05. The molecule has 2 amide bonds. The fourth-order valence-electron chi connectivity index (χ4n) is 4.39. The second kappa shape index (κ2) is 7.90. The summed E-state index contributed by atoms with van der Waals surface area (Å²) >= 11 is 0. The first-order chi connectivity index (χ1) is 12.6. The number of hydrogen-bond acceptors (Lipinski definition) is 4. The van der Waals surface area contributed by atoms with Crippen LogP contribution in [0.5, 0.6) is 0 Å². The van der Waals surface area contributed by atoms with Crippen LogP contribution < -0.4 is 5.73 Å². The van der Waals surface area contributed by atoms with Crippen molar-refractivity contribution in [1.82, 2.24) is 9.80 Å². The summed E-state index contributed by atoms with van der Waals surface area (Å²) < 4.78 is 5.78. The maximum atomic E-state index is 12.9. The number of nitrogens with zero attached hydrogens (tertiary/aromatic N) is 2. The molecule has 6 nitrogen and oxygen atoms in total. The number of halogens is 1. The molecule has 2 fully saturated rings. The summed E-state index contributed by atoms with van der Waals surface area (Å²) in [6, 6.07) is 7.96. The van der Waals surface area contributed by atoms with Crippen LogP contribution in [0.1, 0.15) is 35.4 Å². The number of hydrogen-bond donors (Lipinski definition) is 1. The number of amides is 2. The van der Waals surface area contributed by atoms with E-state index in [-0.39, 0.29) is 30.3 Å². The highest BCUT2D eigenvalue weighted by Gasteiger charge is 2.40. The number of carbonyl (C=O) groups is 2. The van der Waals surface area contributed by atoms with Gasteiger partial charge < -0.3 is 20.0 Å². The standard InChI is InChI=1S/C20H25N3O3.ClH/c1-13-2-4-17-15(10-13)11-18(26-17)20(25)22-8-6-16-14(12-22)3-5-19(24)23(16)9-7-21;/h2,4,10-11,14,16H,3,5-9,12,21H2,1H3;1H/t14-,16+;/m0./s1. The van der Waals surface area contributed by atoms with E-state index in [1.165, 1.54) is 0 Å². The molecule has 146 valence electrons. The van der Waals surface area contributed by atoms with Crippen LogP contribution in [-0.4, -0.2) is 53.8 Å². The maximum absolute atomic E-state index is 12.9. The van der Waals surface area contributed by atoms with Gasteiger partial charge in [-0.2, -0.15) is 0 Å². The van der Waals surface area contributed by atoms with Gasteiger partial charge in [-0.3, -0.25) is 9.59 Å². The number of likely N-dealkylation sites (tertiary alicyclic amines) is 2. The quantitative estimate of drug-likeness (QED) is 0.872. The van der Waals surface area contributed by atoms with E-state index in [1.807, 2.05) is 41.0 Å². The Labute approximate surface area is 165 Å². The molecule has 2 atom stereocenters. The third-order valence-electron chi connectivity index (χ3n) is 5.68. The van der Waals surface area contributed by atoms with E-state index in [4.69, 9.17) is 10.2 Å². The van der Waals surface area contributed by atoms with Crippen molar-refractivity contribution in [3.63, 3.8) is 0 Å². The van der Waals surface area contributed by atoms with E-state index in [2.05, 4.69) is 0 Å². The van der Waals surface area contributed by atoms with E-state index in [1.54, 1.807) is 0 Å². The zero-order chi connectivity index (χ0) is 18.3. The van der Waals surface area contributed by atoms with Crippen molar-refractivity contribution in [3.8, 4) is 0 Å². The normalized spacial score (nSPS) is 22.5. The molecule has 2 aromatic rings. The number of benzene rings is 1. The minimum atomic E-state index is -0.0559. The largest absolute Gasteiger partial charge is 0.451 e. The Balaban J connectivity index is 0.00000210. The summed E-state index contributed by atoms with van der Waals surface area (Å²) in [5.74, 6) is 0.863. The van der Waals surface area contributed by atoms with Gasteiger partial charge in [-0.25, -0.2) is 0 Å². The van der Waals surface area contributed by atoms with Crippen molar-refractivity contribution in [3.05, 3.63) is 35.6 Å². The highest BCUT2D eigenvalue weighted by atomic mass is 35.5. The molecule has 4 rings (SSSR count). The maximum Gasteiger partial charge on any atom is 0.289 e. The van der Waals surface area contributed by atoms with Crippen LogP contribution in [0.25, 0.3) is 11.0 Å². The smallest absolute Gasteiger partial charge is 0.289 e. The lowest BCUT2D eigenvalue weighted by molar-refractivity contribution is -0.140. The van der Waals surface area contributed by atoms with Gasteiger partial charge >= 0.3 is 0 Å². The van der Waals surface area contributed by atoms with Gasteiger partial charge in [0.15, 0.2) is 5.76 Å². The van der Waals surface area contributed by atoms with Gasteiger partial charge in [0.25, 0.3) is 5.91 Å². The number of carbonyl (C=O) groups excluding carboxylic acids is 2. The van der Waals surface area contributed by atoms with Gasteiger partial charge in [-0.1, -0.05) is 11.6 Å². The fourth-order valence-corrected chi connectivity index (χ4v) is 4.39. The van der Waals surface area contributed by atoms with E-state index < -0.39 is 0 Å². The van der Waals surface area contributed by atoms with Crippen LogP contribution in [-0.2, 0) is 4.79 Å². The average molecular weight is 392 g/mol. The zero-order valence-electron chi connectivity index (χ0n) is 15.5. The predicted octanol–water partition coefficient (Wildman–Crippen LogP) is 2.57. The summed E-state index contributed by atoms with van der Waals surface area (Å²) in [5, 5.41) is 0.959. The topological polar surface area (TPSA) is 79.8 Å². The molecule has 27 heavy (non-hydrogen) atoms. The molecule has 2 aliphatic heterocycles. The molecular weight excluding hydrogens is 366 g/mol. The van der Waals surface area contributed by atoms with Gasteiger partial charge in [-0.15, -0.1) is 12.4 Å². The molecule has 1 aromatic heterocycles. The third-order valence-corrected chi connectivity index (χ3v) is 5.68. The molecule has 2 aliphatic rings. The van der Waals surface area contributed by atoms with Crippen molar-refractivity contribution in [2.75, 3.05) is 26.2 Å². The zero-order valence-corrected chi connectivity index (χ0v) is 16.3. The Morgan fingerprint density at radius 1 is 1.30 bits per heavy atom. The Kier molecular flexibility index (Phi) is 5.77. The molecular formula is C20H26ClN3O3. The number of rotatable bonds is 3. The van der Waals surface area contributed by atoms with Crippen LogP contribution in [0.15, 0.2) is 28.7 Å². The van der Waals surface area contributed by atoms with Gasteiger partial charge in [0, 0.05) is 44.0 Å². The molecule has 7 heteroatoms. The highest BCUT2D eigenvalue weighted by molar-refractivity contribution is 5.96. The number of nitrogens with two attached hydrogens (primary N) is 1. The summed E-state index contributed by atoms with van der Waals surface area (Å²) in [6.45, 7) is 4.43. The number of aryl methyl sites for hydroxylation is 1. The Morgan fingerprint density at radius 2 is 2.11 bits per heavy atom. The Morgan fingerprint density at radius 3 is 2.89 bits per heavy atom. The molecule has 2 saturated heterocycles. The lowest BCUT2D eigenvalue weighted by Gasteiger charge is -2.46. The van der Waals surface area contributed by atoms with Gasteiger partial charge in [0.05, 0.1) is 0 Å². The molecule has 0 spiro atoms. The molecule has 3 heterocycles. The van der Waals surface area contributed by atoms with Crippen LogP contribution in [0.4, 0.5) is 0 Å². The molecule has 0 aliphatic carbocycles. The van der Waals surface area contributed by atoms with E-state index >= 15 is 0 Å². The first-order valence-corrected chi connectivity index (χ1v) is 9.36. The van der Waals surface area contributed by atoms with Crippen molar-refractivity contribution < 1.29 is 14.0 Å². The molecule has 0 unspecified atom stereocenters. The van der Waals surface area contributed by atoms with Crippen molar-refractivity contribution in [1.29, 1.82) is 0 Å². The monoisotopic (exact) mass is 391 g/mol. The number of piperidine rings is 2. The Bertz CT molecular complexity index is 850. The lowest BCUT2D eigenvalue weighted by Crippen LogP contribution is -2.57. The molecule has 0 bridgehead atoms. The molecule has 0 saturated carbocycles. The number of furan rings is 1. The molecule has 1 aromatic carbocycles. The van der Waals surface area contributed by atoms with Crippen LogP contribution in [0.3, 0.4) is 0 Å². The third kappa shape index (κ3) is 3.69. The van der Waals surface area contributed by atoms with E-state index in [9.17, 15) is 9.59 Å². The minimum absolute atomic E-state index is 0. The van der Waals surface area contributed by atoms with Crippen molar-refractivity contribution in [2.45, 2.75) is 32.2 Å². The minimum Gasteiger partial charge on any atom is -0.451 e. The molecule has 2 N–H and O–H groups in total. The second-order valence-corrected chi connectivity index (χ2v) is 7.43. The van der Waals surface area contributed by atoms with E-state index in [0.29, 0.717) is 44.3 Å². The average Bonchev–Trinajstić information content (AvgIpc) is 3.06. The van der Waals surface area contributed by atoms with Crippen LogP contribution >= 0.6 is 12.4 Å². The van der Waals surface area contributed by atoms with Crippen molar-refractivity contribution in [2.24, 2.45) is 11.7 Å². The van der Waals surface area contributed by atoms with Crippen LogP contribution in [0.2, 0.25) is 0 Å². The fraction of sp³-hybridized carbons (Fsp3) is 0.500. The van der Waals surface area contributed by atoms with E-state index in [0.717, 1.165) is 29.4 Å². The SMILES string of the molecule is Cc1ccc2oc(C(=O)N3CC[C@@H]4[C@@H](CCC(=O)N4CCN)C3)cc2c1.Cl. The summed E-state index contributed by atoms with van der Waals surface area (Å²) in [6.07, 6.45) is 2.20. The van der Waals surface area contributed by atoms with Crippen LogP contribution in [0, 0.1) is 12.8 Å². The van der Waals surface area contributed by atoms with Gasteiger partial charge in [0.1, 0.15) is 5.58 Å². The first kappa shape index (κ1) is 19.7. The summed E-state index contributed by atoms with van der Waals surface area (Å²) in [5.41, 5.74) is 7.56. The van der Waals surface area contributed by atoms with Gasteiger partial charge in [-0.05, 0) is 43.9 Å². The summed E-state index contributed by atoms with van der Waals surface area (Å²) in [4.78, 5) is 28.9. The predicted molar refractivity (Wildman–Crippen MR) is 106 cm³/mol. The first-order valence-electron chi connectivity index (χ1n) is 9.36. The van der Waals surface area contributed by atoms with Crippen molar-refractivity contribution >= 4 is 35.2 Å².